The van der Waals surface area contributed by atoms with Gasteiger partial charge in [-0.3, -0.25) is 14.9 Å². The molecule has 1 aliphatic rings. The van der Waals surface area contributed by atoms with Crippen LogP contribution < -0.4 is 5.56 Å². The first-order chi connectivity index (χ1) is 17.5. The number of hydrogen-bond acceptors (Lipinski definition) is 7. The highest BCUT2D eigenvalue weighted by molar-refractivity contribution is 6.31. The molecule has 0 unspecified atom stereocenters. The van der Waals surface area contributed by atoms with E-state index in [0.29, 0.717) is 40.6 Å². The van der Waals surface area contributed by atoms with Crippen LogP contribution in [0.25, 0.3) is 28.1 Å². The lowest BCUT2D eigenvalue weighted by Crippen LogP contribution is -2.23. The Morgan fingerprint density at radius 3 is 2.81 bits per heavy atom. The number of benzene rings is 2. The molecule has 0 aliphatic carbocycles. The van der Waals surface area contributed by atoms with Gasteiger partial charge in [-0.1, -0.05) is 23.7 Å². The number of aromatic amines is 1. The van der Waals surface area contributed by atoms with Gasteiger partial charge in [-0.15, -0.1) is 5.10 Å². The van der Waals surface area contributed by atoms with Gasteiger partial charge in [-0.05, 0) is 53.1 Å². The molecule has 0 saturated heterocycles. The standard InChI is InChI=1S/C24H17ClN8O3/c25-16-4-6-21(31-13-27-29-30-31)19(11-16)15-9-17-5-7-22(32(17)23(34)10-15)24-26-12-20(28-24)14-2-1-3-18(8-14)33(35)36/h1-4,6,8-13,22H,5,7H2,(H,26,28)/t22-/m0/s1. The molecule has 4 heterocycles. The van der Waals surface area contributed by atoms with Crippen molar-refractivity contribution in [1.29, 1.82) is 0 Å². The Balaban J connectivity index is 1.37. The molecule has 0 saturated carbocycles. The third kappa shape index (κ3) is 3.75. The number of rotatable bonds is 5. The fraction of sp³-hybridized carbons (Fsp3) is 0.125. The summed E-state index contributed by atoms with van der Waals surface area (Å²) in [4.78, 5) is 31.8. The zero-order valence-corrected chi connectivity index (χ0v) is 19.3. The number of non-ortho nitro benzene ring substituents is 1. The zero-order chi connectivity index (χ0) is 24.8. The number of imidazole rings is 1. The molecule has 36 heavy (non-hydrogen) atoms. The Bertz CT molecular complexity index is 1680. The normalized spacial score (nSPS) is 14.6. The third-order valence-corrected chi connectivity index (χ3v) is 6.51. The fourth-order valence-electron chi connectivity index (χ4n) is 4.66. The lowest BCUT2D eigenvalue weighted by atomic mass is 10.0. The molecule has 178 valence electrons. The maximum Gasteiger partial charge on any atom is 0.270 e. The van der Waals surface area contributed by atoms with E-state index in [1.54, 1.807) is 47.2 Å². The number of tetrazole rings is 1. The van der Waals surface area contributed by atoms with Crippen LogP contribution in [0.4, 0.5) is 5.69 Å². The summed E-state index contributed by atoms with van der Waals surface area (Å²) in [5.41, 5.74) is 4.18. The molecule has 12 heteroatoms. The summed E-state index contributed by atoms with van der Waals surface area (Å²) in [5, 5.41) is 23.0. The van der Waals surface area contributed by atoms with Crippen molar-refractivity contribution >= 4 is 17.3 Å². The molecule has 1 atom stereocenters. The molecule has 6 rings (SSSR count). The number of fused-ring (bicyclic) bond motifs is 1. The molecule has 0 bridgehead atoms. The van der Waals surface area contributed by atoms with Crippen LogP contribution >= 0.6 is 11.6 Å². The highest BCUT2D eigenvalue weighted by Crippen LogP contribution is 2.34. The summed E-state index contributed by atoms with van der Waals surface area (Å²) in [6.45, 7) is 0. The first-order valence-electron chi connectivity index (χ1n) is 11.1. The van der Waals surface area contributed by atoms with E-state index in [2.05, 4.69) is 25.5 Å². The first-order valence-corrected chi connectivity index (χ1v) is 11.4. The number of nitrogens with zero attached hydrogens (tertiary/aromatic N) is 7. The van der Waals surface area contributed by atoms with Gasteiger partial charge in [0.05, 0.1) is 28.5 Å². The summed E-state index contributed by atoms with van der Waals surface area (Å²) in [6.07, 6.45) is 4.49. The number of aromatic nitrogens is 7. The van der Waals surface area contributed by atoms with Gasteiger partial charge in [-0.2, -0.15) is 4.68 Å². The van der Waals surface area contributed by atoms with Crippen molar-refractivity contribution in [1.82, 2.24) is 34.7 Å². The van der Waals surface area contributed by atoms with E-state index in [0.717, 1.165) is 16.8 Å². The number of aryl methyl sites for hydroxylation is 1. The molecule has 0 fully saturated rings. The van der Waals surface area contributed by atoms with E-state index in [9.17, 15) is 14.9 Å². The summed E-state index contributed by atoms with van der Waals surface area (Å²) in [5.74, 6) is 0.627. The minimum Gasteiger partial charge on any atom is -0.340 e. The molecule has 2 aromatic carbocycles. The van der Waals surface area contributed by atoms with Crippen molar-refractivity contribution < 1.29 is 4.92 Å². The van der Waals surface area contributed by atoms with Gasteiger partial charge in [0.25, 0.3) is 11.2 Å². The van der Waals surface area contributed by atoms with Gasteiger partial charge >= 0.3 is 0 Å². The molecular formula is C24H17ClN8O3. The minimum absolute atomic E-state index is 0.000620. The molecule has 0 radical (unpaired) electrons. The van der Waals surface area contributed by atoms with Crippen molar-refractivity contribution in [2.45, 2.75) is 18.9 Å². The first kappa shape index (κ1) is 21.9. The zero-order valence-electron chi connectivity index (χ0n) is 18.6. The van der Waals surface area contributed by atoms with Crippen molar-refractivity contribution in [3.63, 3.8) is 0 Å². The Morgan fingerprint density at radius 1 is 1.11 bits per heavy atom. The van der Waals surface area contributed by atoms with Crippen molar-refractivity contribution in [2.75, 3.05) is 0 Å². The monoisotopic (exact) mass is 500 g/mol. The minimum atomic E-state index is -0.435. The lowest BCUT2D eigenvalue weighted by Gasteiger charge is -2.15. The number of nitro groups is 1. The Labute approximate surface area is 208 Å². The van der Waals surface area contributed by atoms with Crippen LogP contribution in [0.2, 0.25) is 5.02 Å². The molecule has 0 spiro atoms. The Kier molecular flexibility index (Phi) is 5.19. The van der Waals surface area contributed by atoms with Crippen LogP contribution in [-0.4, -0.2) is 39.7 Å². The number of H-pyrrole nitrogens is 1. The second kappa shape index (κ2) is 8.54. The predicted molar refractivity (Wildman–Crippen MR) is 131 cm³/mol. The number of nitro benzene ring substituents is 1. The molecule has 3 aromatic heterocycles. The summed E-state index contributed by atoms with van der Waals surface area (Å²) in [7, 11) is 0. The maximum absolute atomic E-state index is 13.3. The van der Waals surface area contributed by atoms with Crippen LogP contribution in [0, 0.1) is 10.1 Å². The van der Waals surface area contributed by atoms with Crippen LogP contribution in [0.1, 0.15) is 24.0 Å². The second-order valence-corrected chi connectivity index (χ2v) is 8.84. The largest absolute Gasteiger partial charge is 0.340 e. The maximum atomic E-state index is 13.3. The Morgan fingerprint density at radius 2 is 2.00 bits per heavy atom. The van der Waals surface area contributed by atoms with Gasteiger partial charge in [0.1, 0.15) is 12.2 Å². The number of pyridine rings is 1. The van der Waals surface area contributed by atoms with Gasteiger partial charge in [-0.25, -0.2) is 4.98 Å². The number of halogens is 1. The molecule has 11 nitrogen and oxygen atoms in total. The molecule has 0 amide bonds. The van der Waals surface area contributed by atoms with Crippen LogP contribution in [-0.2, 0) is 6.42 Å². The topological polar surface area (TPSA) is 137 Å². The van der Waals surface area contributed by atoms with Crippen LogP contribution in [0.15, 0.2) is 71.9 Å². The smallest absolute Gasteiger partial charge is 0.270 e. The summed E-state index contributed by atoms with van der Waals surface area (Å²) >= 11 is 6.27. The lowest BCUT2D eigenvalue weighted by molar-refractivity contribution is -0.384. The van der Waals surface area contributed by atoms with E-state index in [1.165, 1.54) is 23.1 Å². The van der Waals surface area contributed by atoms with Gasteiger partial charge in [0.2, 0.25) is 0 Å². The molecular weight excluding hydrogens is 484 g/mol. The summed E-state index contributed by atoms with van der Waals surface area (Å²) in [6, 6.07) is 15.0. The van der Waals surface area contributed by atoms with E-state index in [-0.39, 0.29) is 17.3 Å². The highest BCUT2D eigenvalue weighted by atomic mass is 35.5. The fourth-order valence-corrected chi connectivity index (χ4v) is 4.83. The second-order valence-electron chi connectivity index (χ2n) is 8.40. The van der Waals surface area contributed by atoms with E-state index >= 15 is 0 Å². The highest BCUT2D eigenvalue weighted by Gasteiger charge is 2.28. The third-order valence-electron chi connectivity index (χ3n) is 6.28. The molecule has 5 aromatic rings. The Hall–Kier alpha value is -4.64. The molecule has 1 N–H and O–H groups in total. The van der Waals surface area contributed by atoms with Gasteiger partial charge < -0.3 is 9.55 Å². The van der Waals surface area contributed by atoms with Gasteiger partial charge in [0.15, 0.2) is 0 Å². The number of nitrogens with one attached hydrogen (secondary N) is 1. The SMILES string of the molecule is O=c1cc(-c2cc(Cl)ccc2-n2cnnn2)cc2n1[C@H](c1ncc(-c3cccc([N+](=O)[O-])c3)[nH]1)CC2. The van der Waals surface area contributed by atoms with Gasteiger partial charge in [0, 0.05) is 40.0 Å². The van der Waals surface area contributed by atoms with Crippen LogP contribution in [0.5, 0.6) is 0 Å². The summed E-state index contributed by atoms with van der Waals surface area (Å²) < 4.78 is 3.26. The van der Waals surface area contributed by atoms with Crippen molar-refractivity contribution in [2.24, 2.45) is 0 Å². The van der Waals surface area contributed by atoms with E-state index < -0.39 is 4.92 Å². The quantitative estimate of drug-likeness (QED) is 0.284. The predicted octanol–water partition coefficient (Wildman–Crippen LogP) is 3.98. The van der Waals surface area contributed by atoms with E-state index in [4.69, 9.17) is 11.6 Å². The average molecular weight is 501 g/mol. The van der Waals surface area contributed by atoms with Crippen molar-refractivity contribution in [3.8, 4) is 28.1 Å². The van der Waals surface area contributed by atoms with E-state index in [1.807, 2.05) is 6.07 Å². The number of hydrogen-bond donors (Lipinski definition) is 1. The van der Waals surface area contributed by atoms with Crippen LogP contribution in [0.3, 0.4) is 0 Å². The average Bonchev–Trinajstić information content (AvgIpc) is 3.64. The molecule has 1 aliphatic heterocycles. The van der Waals surface area contributed by atoms with Crippen molar-refractivity contribution in [3.05, 3.63) is 104 Å².